The van der Waals surface area contributed by atoms with Gasteiger partial charge in [-0.25, -0.2) is 0 Å². The normalized spacial score (nSPS) is 11.5. The molecule has 8 rings (SSSR count). The number of anilines is 6. The number of benzene rings is 6. The van der Waals surface area contributed by atoms with Gasteiger partial charge in [-0.15, -0.1) is 0 Å². The Kier molecular flexibility index (Phi) is 6.65. The molecule has 6 aromatic carbocycles. The van der Waals surface area contributed by atoms with Gasteiger partial charge in [0.15, 0.2) is 0 Å². The minimum absolute atomic E-state index is 0.980. The molecule has 0 N–H and O–H groups in total. The molecule has 0 radical (unpaired) electrons. The summed E-state index contributed by atoms with van der Waals surface area (Å²) in [5.74, 6) is 0. The molecule has 0 spiro atoms. The third kappa shape index (κ3) is 4.70. The van der Waals surface area contributed by atoms with Gasteiger partial charge < -0.3 is 9.80 Å². The van der Waals surface area contributed by atoms with Crippen molar-refractivity contribution in [3.8, 4) is 0 Å². The fourth-order valence-electron chi connectivity index (χ4n) is 6.82. The van der Waals surface area contributed by atoms with E-state index in [9.17, 15) is 0 Å². The first-order valence-electron chi connectivity index (χ1n) is 15.8. The van der Waals surface area contributed by atoms with Crippen LogP contribution in [0.4, 0.5) is 34.1 Å². The second-order valence-electron chi connectivity index (χ2n) is 12.2. The predicted molar refractivity (Wildman–Crippen MR) is 194 cm³/mol. The fourth-order valence-corrected chi connectivity index (χ4v) is 6.82. The first-order chi connectivity index (χ1) is 22.4. The molecule has 0 atom stereocenters. The SMILES string of the molecule is Cc1cccc(N(c2ccccc2)c2cc3nc(C)c4cc(N(c5ccccc5)c5cccc(C)c5)cc5nc(C)c(c2)c3c54)c1. The van der Waals surface area contributed by atoms with Crippen molar-refractivity contribution >= 4 is 66.7 Å². The zero-order valence-corrected chi connectivity index (χ0v) is 26.5. The lowest BCUT2D eigenvalue weighted by molar-refractivity contribution is 1.23. The largest absolute Gasteiger partial charge is 0.310 e. The molecule has 0 fully saturated rings. The molecule has 222 valence electrons. The van der Waals surface area contributed by atoms with Crippen molar-refractivity contribution in [3.63, 3.8) is 0 Å². The Morgan fingerprint density at radius 2 is 0.761 bits per heavy atom. The number of aryl methyl sites for hydroxylation is 4. The molecular weight excluding hydrogens is 560 g/mol. The van der Waals surface area contributed by atoms with Crippen LogP contribution in [-0.2, 0) is 0 Å². The lowest BCUT2D eigenvalue weighted by Gasteiger charge is -2.28. The first-order valence-corrected chi connectivity index (χ1v) is 15.8. The highest BCUT2D eigenvalue weighted by molar-refractivity contribution is 6.23. The number of aromatic nitrogens is 2. The van der Waals surface area contributed by atoms with E-state index in [4.69, 9.17) is 9.97 Å². The molecule has 2 aromatic heterocycles. The second-order valence-corrected chi connectivity index (χ2v) is 12.2. The van der Waals surface area contributed by atoms with Gasteiger partial charge in [-0.1, -0.05) is 60.7 Å². The predicted octanol–water partition coefficient (Wildman–Crippen LogP) is 11.5. The topological polar surface area (TPSA) is 32.3 Å². The van der Waals surface area contributed by atoms with Gasteiger partial charge in [0.25, 0.3) is 0 Å². The van der Waals surface area contributed by atoms with Crippen LogP contribution in [0.5, 0.6) is 0 Å². The number of para-hydroxylation sites is 2. The van der Waals surface area contributed by atoms with Crippen molar-refractivity contribution in [1.29, 1.82) is 0 Å². The molecule has 2 heterocycles. The minimum Gasteiger partial charge on any atom is -0.310 e. The van der Waals surface area contributed by atoms with Gasteiger partial charge in [-0.3, -0.25) is 9.97 Å². The van der Waals surface area contributed by atoms with E-state index in [1.807, 2.05) is 0 Å². The van der Waals surface area contributed by atoms with Crippen LogP contribution in [0, 0.1) is 27.7 Å². The van der Waals surface area contributed by atoms with Crippen LogP contribution in [0.1, 0.15) is 22.5 Å². The Hall–Kier alpha value is -5.74. The van der Waals surface area contributed by atoms with Gasteiger partial charge in [0.05, 0.1) is 11.0 Å². The van der Waals surface area contributed by atoms with E-state index >= 15 is 0 Å². The lowest BCUT2D eigenvalue weighted by atomic mass is 9.96. The molecule has 0 saturated carbocycles. The molecule has 0 aliphatic rings. The average molecular weight is 595 g/mol. The maximum absolute atomic E-state index is 5.28. The van der Waals surface area contributed by atoms with Crippen molar-refractivity contribution in [2.75, 3.05) is 9.80 Å². The Morgan fingerprint density at radius 1 is 0.370 bits per heavy atom. The van der Waals surface area contributed by atoms with Crippen LogP contribution in [0.3, 0.4) is 0 Å². The summed E-state index contributed by atoms with van der Waals surface area (Å²) in [4.78, 5) is 15.2. The van der Waals surface area contributed by atoms with Gasteiger partial charge in [-0.2, -0.15) is 0 Å². The highest BCUT2D eigenvalue weighted by Gasteiger charge is 2.22. The van der Waals surface area contributed by atoms with Crippen LogP contribution >= 0.6 is 0 Å². The second kappa shape index (κ2) is 11.0. The Labute approximate surface area is 269 Å². The van der Waals surface area contributed by atoms with E-state index in [-0.39, 0.29) is 0 Å². The Balaban J connectivity index is 1.37. The molecule has 0 saturated heterocycles. The zero-order valence-electron chi connectivity index (χ0n) is 26.5. The molecule has 8 aromatic rings. The molecule has 0 aliphatic heterocycles. The van der Waals surface area contributed by atoms with Gasteiger partial charge in [0.2, 0.25) is 0 Å². The monoisotopic (exact) mass is 594 g/mol. The van der Waals surface area contributed by atoms with Gasteiger partial charge in [0.1, 0.15) is 0 Å². The van der Waals surface area contributed by atoms with E-state index in [0.717, 1.165) is 78.1 Å². The highest BCUT2D eigenvalue weighted by Crippen LogP contribution is 2.44. The maximum Gasteiger partial charge on any atom is 0.0740 e. The van der Waals surface area contributed by atoms with E-state index in [2.05, 4.69) is 171 Å². The summed E-state index contributed by atoms with van der Waals surface area (Å²) in [7, 11) is 0. The number of rotatable bonds is 6. The van der Waals surface area contributed by atoms with Crippen molar-refractivity contribution in [3.05, 3.63) is 156 Å². The number of hydrogen-bond acceptors (Lipinski definition) is 4. The zero-order chi connectivity index (χ0) is 31.4. The minimum atomic E-state index is 0.980. The van der Waals surface area contributed by atoms with Gasteiger partial charge in [0, 0.05) is 67.1 Å². The maximum atomic E-state index is 5.28. The number of pyridine rings is 2. The van der Waals surface area contributed by atoms with Crippen LogP contribution in [-0.4, -0.2) is 9.97 Å². The molecular formula is C42H34N4. The van der Waals surface area contributed by atoms with Crippen molar-refractivity contribution < 1.29 is 0 Å². The van der Waals surface area contributed by atoms with Crippen LogP contribution in [0.15, 0.2) is 133 Å². The summed E-state index contributed by atoms with van der Waals surface area (Å²) in [6.07, 6.45) is 0. The third-order valence-electron chi connectivity index (χ3n) is 8.88. The average Bonchev–Trinajstić information content (AvgIpc) is 3.06. The molecule has 4 nitrogen and oxygen atoms in total. The lowest BCUT2D eigenvalue weighted by Crippen LogP contribution is -2.11. The summed E-state index contributed by atoms with van der Waals surface area (Å²) in [5.41, 5.74) is 12.9. The molecule has 0 aliphatic carbocycles. The quantitative estimate of drug-likeness (QED) is 0.179. The molecule has 4 heteroatoms. The van der Waals surface area contributed by atoms with Crippen molar-refractivity contribution in [2.24, 2.45) is 0 Å². The smallest absolute Gasteiger partial charge is 0.0740 e. The first kappa shape index (κ1) is 27.8. The van der Waals surface area contributed by atoms with E-state index in [1.54, 1.807) is 0 Å². The van der Waals surface area contributed by atoms with Gasteiger partial charge >= 0.3 is 0 Å². The summed E-state index contributed by atoms with van der Waals surface area (Å²) in [5, 5.41) is 4.57. The number of hydrogen-bond donors (Lipinski definition) is 0. The Bertz CT molecular complexity index is 2190. The van der Waals surface area contributed by atoms with Crippen LogP contribution < -0.4 is 9.80 Å². The summed E-state index contributed by atoms with van der Waals surface area (Å²) in [6.45, 7) is 8.51. The van der Waals surface area contributed by atoms with Crippen molar-refractivity contribution in [1.82, 2.24) is 9.97 Å². The fraction of sp³-hybridized carbons (Fsp3) is 0.0952. The summed E-state index contributed by atoms with van der Waals surface area (Å²) < 4.78 is 0. The summed E-state index contributed by atoms with van der Waals surface area (Å²) >= 11 is 0. The van der Waals surface area contributed by atoms with Crippen LogP contribution in [0.25, 0.3) is 32.6 Å². The van der Waals surface area contributed by atoms with Gasteiger partial charge in [-0.05, 0) is 112 Å². The molecule has 0 amide bonds. The summed E-state index contributed by atoms with van der Waals surface area (Å²) in [6, 6.07) is 47.5. The molecule has 46 heavy (non-hydrogen) atoms. The van der Waals surface area contributed by atoms with E-state index < -0.39 is 0 Å². The Morgan fingerprint density at radius 3 is 1.15 bits per heavy atom. The number of nitrogens with zero attached hydrogens (tertiary/aromatic N) is 4. The molecule has 0 bridgehead atoms. The van der Waals surface area contributed by atoms with Crippen LogP contribution in [0.2, 0.25) is 0 Å². The van der Waals surface area contributed by atoms with E-state index in [0.29, 0.717) is 0 Å². The van der Waals surface area contributed by atoms with E-state index in [1.165, 1.54) is 11.1 Å². The molecule has 0 unspecified atom stereocenters. The standard InChI is InChI=1S/C42H34N4/c1-27-13-11-19-33(21-27)45(31-15-7-5-8-16-31)35-23-37-29(3)44-40-26-36(24-38-30(4)43-39(25-35)41(37)42(38)40)46(32-17-9-6-10-18-32)34-20-12-14-28(2)22-34/h5-26H,1-4H3. The highest BCUT2D eigenvalue weighted by atomic mass is 15.1. The third-order valence-corrected chi connectivity index (χ3v) is 8.88. The van der Waals surface area contributed by atoms with Crippen molar-refractivity contribution in [2.45, 2.75) is 27.7 Å².